The Kier molecular flexibility index (Phi) is 4.00. The van der Waals surface area contributed by atoms with Crippen LogP contribution in [0.5, 0.6) is 0 Å². The van der Waals surface area contributed by atoms with Gasteiger partial charge in [-0.3, -0.25) is 10.1 Å². The zero-order valence-electron chi connectivity index (χ0n) is 13.0. The van der Waals surface area contributed by atoms with Gasteiger partial charge in [0.1, 0.15) is 17.6 Å². The highest BCUT2D eigenvalue weighted by atomic mass is 16.6. The molecule has 0 radical (unpaired) electrons. The summed E-state index contributed by atoms with van der Waals surface area (Å²) in [7, 11) is 0. The van der Waals surface area contributed by atoms with Gasteiger partial charge in [-0.15, -0.1) is 0 Å². The maximum Gasteiger partial charge on any atom is 0.290 e. The molecule has 1 aromatic heterocycles. The highest BCUT2D eigenvalue weighted by Crippen LogP contribution is 2.35. The van der Waals surface area contributed by atoms with Crippen LogP contribution in [0.3, 0.4) is 0 Å². The molecule has 0 saturated carbocycles. The average molecular weight is 313 g/mol. The molecule has 3 rings (SSSR count). The second kappa shape index (κ2) is 5.96. The van der Waals surface area contributed by atoms with Gasteiger partial charge >= 0.3 is 0 Å². The summed E-state index contributed by atoms with van der Waals surface area (Å²) >= 11 is 0. The quantitative estimate of drug-likeness (QED) is 0.669. The van der Waals surface area contributed by atoms with Crippen LogP contribution in [0.25, 0.3) is 0 Å². The van der Waals surface area contributed by atoms with Crippen molar-refractivity contribution < 1.29 is 10.0 Å². The number of aromatic nitrogens is 1. The van der Waals surface area contributed by atoms with Crippen LogP contribution in [0.4, 0.5) is 11.5 Å². The van der Waals surface area contributed by atoms with Crippen LogP contribution >= 0.6 is 0 Å². The lowest BCUT2D eigenvalue weighted by molar-refractivity contribution is -0.385. The second-order valence-electron chi connectivity index (χ2n) is 6.01. The molecule has 0 aliphatic heterocycles. The fourth-order valence-electron chi connectivity index (χ4n) is 3.16. The Morgan fingerprint density at radius 3 is 2.96 bits per heavy atom. The summed E-state index contributed by atoms with van der Waals surface area (Å²) in [5.74, 6) is 0.532. The third kappa shape index (κ3) is 3.03. The van der Waals surface area contributed by atoms with Crippen LogP contribution < -0.4 is 5.32 Å². The van der Waals surface area contributed by atoms with E-state index in [1.54, 1.807) is 13.0 Å². The van der Waals surface area contributed by atoms with Crippen molar-refractivity contribution in [1.29, 1.82) is 0 Å². The number of fused-ring (bicyclic) bond motifs is 1. The lowest BCUT2D eigenvalue weighted by Crippen LogP contribution is -2.37. The minimum atomic E-state index is -0.938. The molecular formula is C17H19N3O3. The number of benzene rings is 1. The Labute approximate surface area is 134 Å². The zero-order valence-corrected chi connectivity index (χ0v) is 13.0. The van der Waals surface area contributed by atoms with E-state index in [4.69, 9.17) is 0 Å². The van der Waals surface area contributed by atoms with Crippen molar-refractivity contribution in [3.05, 3.63) is 63.3 Å². The molecule has 1 aliphatic carbocycles. The van der Waals surface area contributed by atoms with E-state index in [0.29, 0.717) is 24.3 Å². The number of aryl methyl sites for hydroxylation is 2. The molecule has 1 heterocycles. The molecule has 1 atom stereocenters. The topological polar surface area (TPSA) is 88.3 Å². The van der Waals surface area contributed by atoms with Gasteiger partial charge in [-0.05, 0) is 43.4 Å². The maximum atomic E-state index is 11.0. The van der Waals surface area contributed by atoms with Gasteiger partial charge < -0.3 is 10.4 Å². The number of nitro groups is 1. The van der Waals surface area contributed by atoms with Crippen molar-refractivity contribution in [2.45, 2.75) is 31.8 Å². The highest BCUT2D eigenvalue weighted by molar-refractivity contribution is 5.47. The van der Waals surface area contributed by atoms with Crippen molar-refractivity contribution in [2.24, 2.45) is 0 Å². The normalized spacial score (nSPS) is 19.9. The summed E-state index contributed by atoms with van der Waals surface area (Å²) in [5, 5.41) is 24.9. The van der Waals surface area contributed by atoms with Gasteiger partial charge in [0.25, 0.3) is 5.69 Å². The summed E-state index contributed by atoms with van der Waals surface area (Å²) in [6, 6.07) is 9.57. The van der Waals surface area contributed by atoms with Crippen LogP contribution in [0.15, 0.2) is 36.5 Å². The van der Waals surface area contributed by atoms with Gasteiger partial charge in [-0.2, -0.15) is 0 Å². The largest absolute Gasteiger partial charge is 0.383 e. The second-order valence-corrected chi connectivity index (χ2v) is 6.01. The van der Waals surface area contributed by atoms with Crippen LogP contribution in [-0.4, -0.2) is 21.6 Å². The lowest BCUT2D eigenvalue weighted by atomic mass is 9.79. The molecule has 6 nitrogen and oxygen atoms in total. The number of aliphatic hydroxyl groups is 1. The number of anilines is 1. The third-order valence-electron chi connectivity index (χ3n) is 4.40. The molecule has 0 bridgehead atoms. The first kappa shape index (κ1) is 15.4. The highest BCUT2D eigenvalue weighted by Gasteiger charge is 2.34. The fraction of sp³-hybridized carbons (Fsp3) is 0.353. The number of nitrogens with one attached hydrogen (secondary N) is 1. The summed E-state index contributed by atoms with van der Waals surface area (Å²) in [5.41, 5.74) is 1.74. The average Bonchev–Trinajstić information content (AvgIpc) is 2.53. The number of rotatable bonds is 4. The van der Waals surface area contributed by atoms with E-state index in [-0.39, 0.29) is 5.69 Å². The Hall–Kier alpha value is -2.47. The van der Waals surface area contributed by atoms with Crippen LogP contribution in [0.1, 0.15) is 29.5 Å². The Morgan fingerprint density at radius 2 is 2.22 bits per heavy atom. The molecule has 2 N–H and O–H groups in total. The van der Waals surface area contributed by atoms with Gasteiger partial charge in [0.05, 0.1) is 4.92 Å². The van der Waals surface area contributed by atoms with Gasteiger partial charge in [-0.25, -0.2) is 4.98 Å². The first-order valence-corrected chi connectivity index (χ1v) is 7.65. The van der Waals surface area contributed by atoms with Crippen LogP contribution in [0.2, 0.25) is 0 Å². The van der Waals surface area contributed by atoms with Crippen molar-refractivity contribution in [3.8, 4) is 0 Å². The smallest absolute Gasteiger partial charge is 0.290 e. The van der Waals surface area contributed by atoms with Gasteiger partial charge in [0.2, 0.25) is 0 Å². The summed E-state index contributed by atoms with van der Waals surface area (Å²) in [6.07, 6.45) is 3.84. The van der Waals surface area contributed by atoms with Gasteiger partial charge in [0.15, 0.2) is 0 Å². The molecule has 23 heavy (non-hydrogen) atoms. The van der Waals surface area contributed by atoms with Crippen molar-refractivity contribution in [3.63, 3.8) is 0 Å². The molecule has 6 heteroatoms. The van der Waals surface area contributed by atoms with Crippen molar-refractivity contribution >= 4 is 11.5 Å². The van der Waals surface area contributed by atoms with E-state index in [1.165, 1.54) is 11.8 Å². The van der Waals surface area contributed by atoms with E-state index < -0.39 is 10.5 Å². The number of nitrogens with zero attached hydrogens (tertiary/aromatic N) is 2. The molecule has 0 saturated heterocycles. The SMILES string of the molecule is Cc1cc(NCC2(O)CCCc3ccccc32)ncc1[N+](=O)[O-]. The molecule has 1 aromatic carbocycles. The lowest BCUT2D eigenvalue weighted by Gasteiger charge is -2.34. The standard InChI is InChI=1S/C17H19N3O3/c1-12-9-16(18-10-15(12)20(22)23)19-11-17(21)8-4-6-13-5-2-3-7-14(13)17/h2-3,5,7,9-10,21H,4,6,8,11H2,1H3,(H,18,19). The molecule has 0 amide bonds. The molecule has 0 spiro atoms. The zero-order chi connectivity index (χ0) is 16.4. The first-order chi connectivity index (χ1) is 11.0. The minimum Gasteiger partial charge on any atom is -0.383 e. The predicted octanol–water partition coefficient (Wildman–Crippen LogP) is 2.93. The fourth-order valence-corrected chi connectivity index (χ4v) is 3.16. The van der Waals surface area contributed by atoms with Crippen LogP contribution in [0, 0.1) is 17.0 Å². The number of pyridine rings is 1. The molecule has 120 valence electrons. The monoisotopic (exact) mass is 313 g/mol. The third-order valence-corrected chi connectivity index (χ3v) is 4.40. The number of hydrogen-bond donors (Lipinski definition) is 2. The molecule has 1 aliphatic rings. The first-order valence-electron chi connectivity index (χ1n) is 7.65. The molecular weight excluding hydrogens is 294 g/mol. The minimum absolute atomic E-state index is 0.00252. The van der Waals surface area contributed by atoms with Gasteiger partial charge in [0, 0.05) is 12.1 Å². The van der Waals surface area contributed by atoms with E-state index in [0.717, 1.165) is 18.4 Å². The Bertz CT molecular complexity index is 748. The molecule has 1 unspecified atom stereocenters. The van der Waals surface area contributed by atoms with E-state index in [2.05, 4.69) is 10.3 Å². The van der Waals surface area contributed by atoms with Crippen molar-refractivity contribution in [2.75, 3.05) is 11.9 Å². The summed E-state index contributed by atoms with van der Waals surface area (Å²) in [6.45, 7) is 2.00. The Balaban J connectivity index is 1.78. The van der Waals surface area contributed by atoms with E-state index in [1.807, 2.05) is 24.3 Å². The van der Waals surface area contributed by atoms with E-state index >= 15 is 0 Å². The van der Waals surface area contributed by atoms with Crippen molar-refractivity contribution in [1.82, 2.24) is 4.98 Å². The molecule has 0 fully saturated rings. The molecule has 2 aromatic rings. The number of hydrogen-bond acceptors (Lipinski definition) is 5. The summed E-state index contributed by atoms with van der Waals surface area (Å²) < 4.78 is 0. The summed E-state index contributed by atoms with van der Waals surface area (Å²) in [4.78, 5) is 14.5. The van der Waals surface area contributed by atoms with E-state index in [9.17, 15) is 15.2 Å². The Morgan fingerprint density at radius 1 is 1.43 bits per heavy atom. The maximum absolute atomic E-state index is 11.0. The predicted molar refractivity (Wildman–Crippen MR) is 87.4 cm³/mol. The van der Waals surface area contributed by atoms with Crippen LogP contribution in [-0.2, 0) is 12.0 Å². The van der Waals surface area contributed by atoms with Gasteiger partial charge in [-0.1, -0.05) is 24.3 Å².